The molecule has 0 heterocycles. The Hall–Kier alpha value is -1.10. The average Bonchev–Trinajstić information content (AvgIpc) is 2.27. The monoisotopic (exact) mass is 276 g/mol. The molecule has 0 spiro atoms. The molecule has 0 amide bonds. The predicted molar refractivity (Wildman–Crippen MR) is 63.7 cm³/mol. The van der Waals surface area contributed by atoms with Gasteiger partial charge in [0.05, 0.1) is 10.4 Å². The Morgan fingerprint density at radius 3 is 2.41 bits per heavy atom. The maximum Gasteiger partial charge on any atom is 0.337 e. The van der Waals surface area contributed by atoms with E-state index in [1.807, 2.05) is 0 Å². The lowest BCUT2D eigenvalue weighted by Crippen LogP contribution is -2.14. The molecule has 0 aliphatic carbocycles. The highest BCUT2D eigenvalue weighted by Crippen LogP contribution is 2.24. The molecule has 4 nitrogen and oxygen atoms in total. The molecular weight excluding hydrogens is 267 g/mol. The van der Waals surface area contributed by atoms with E-state index in [-0.39, 0.29) is 16.1 Å². The molecule has 0 saturated carbocycles. The van der Waals surface area contributed by atoms with Gasteiger partial charge in [0.2, 0.25) is 0 Å². The molecule has 2 N–H and O–H groups in total. The Balaban J connectivity index is 3.19. The number of halogens is 2. The van der Waals surface area contributed by atoms with E-state index >= 15 is 0 Å². The summed E-state index contributed by atoms with van der Waals surface area (Å²) in [5, 5.41) is 17.4. The van der Waals surface area contributed by atoms with Crippen LogP contribution in [0, 0.1) is 0 Å². The molecule has 1 aromatic carbocycles. The lowest BCUT2D eigenvalue weighted by Gasteiger charge is -2.10. The number of carbonyl (C=O) groups excluding carboxylic acids is 1. The summed E-state index contributed by atoms with van der Waals surface area (Å²) in [6, 6.07) is 3.94. The smallest absolute Gasteiger partial charge is 0.337 e. The normalized spacial score (nSPS) is 14.1. The van der Waals surface area contributed by atoms with Gasteiger partial charge in [0.1, 0.15) is 0 Å². The highest BCUT2D eigenvalue weighted by Gasteiger charge is 2.21. The van der Waals surface area contributed by atoms with Crippen LogP contribution in [0.15, 0.2) is 18.2 Å². The number of ketones is 1. The molecule has 0 aliphatic rings. The number of rotatable bonds is 4. The second-order valence-electron chi connectivity index (χ2n) is 3.46. The minimum absolute atomic E-state index is 0.0857. The lowest BCUT2D eigenvalue weighted by atomic mass is 10.0. The van der Waals surface area contributed by atoms with E-state index in [0.717, 1.165) is 0 Å². The maximum absolute atomic E-state index is 11.7. The summed E-state index contributed by atoms with van der Waals surface area (Å²) in [7, 11) is 0. The number of aliphatic hydroxyl groups excluding tert-OH is 1. The number of benzene rings is 1. The van der Waals surface area contributed by atoms with Gasteiger partial charge >= 0.3 is 5.97 Å². The molecule has 0 aromatic heterocycles. The highest BCUT2D eigenvalue weighted by atomic mass is 35.5. The lowest BCUT2D eigenvalue weighted by molar-refractivity contribution is -0.146. The quantitative estimate of drug-likeness (QED) is 0.654. The number of hydrogen-bond donors (Lipinski definition) is 2. The van der Waals surface area contributed by atoms with Crippen LogP contribution in [0.25, 0.3) is 0 Å². The summed E-state index contributed by atoms with van der Waals surface area (Å²) in [6.45, 7) is 1.49. The van der Waals surface area contributed by atoms with E-state index in [4.69, 9.17) is 28.3 Å². The summed E-state index contributed by atoms with van der Waals surface area (Å²) in [5.41, 5.74) is 0.189. The Morgan fingerprint density at radius 2 is 1.94 bits per heavy atom. The van der Waals surface area contributed by atoms with Crippen LogP contribution in [-0.4, -0.2) is 27.3 Å². The molecule has 0 fully saturated rings. The fourth-order valence-electron chi connectivity index (χ4n) is 1.26. The van der Waals surface area contributed by atoms with Crippen molar-refractivity contribution in [2.24, 2.45) is 0 Å². The third-order valence-corrected chi connectivity index (χ3v) is 2.69. The third kappa shape index (κ3) is 3.19. The minimum Gasteiger partial charge on any atom is -0.479 e. The van der Waals surface area contributed by atoms with Gasteiger partial charge in [0, 0.05) is 5.56 Å². The average molecular weight is 277 g/mol. The van der Waals surface area contributed by atoms with Gasteiger partial charge in [0.15, 0.2) is 11.9 Å². The van der Waals surface area contributed by atoms with Crippen molar-refractivity contribution in [2.75, 3.05) is 0 Å². The van der Waals surface area contributed by atoms with Crippen LogP contribution in [0.2, 0.25) is 5.02 Å². The molecule has 2 atom stereocenters. The Kier molecular flexibility index (Phi) is 4.51. The first-order valence-corrected chi connectivity index (χ1v) is 5.54. The van der Waals surface area contributed by atoms with E-state index in [0.29, 0.717) is 0 Å². The second-order valence-corrected chi connectivity index (χ2v) is 4.52. The van der Waals surface area contributed by atoms with Gasteiger partial charge in [-0.1, -0.05) is 17.7 Å². The molecule has 17 heavy (non-hydrogen) atoms. The van der Waals surface area contributed by atoms with Crippen LogP contribution in [0.4, 0.5) is 0 Å². The first kappa shape index (κ1) is 14.0. The molecule has 2 unspecified atom stereocenters. The van der Waals surface area contributed by atoms with Gasteiger partial charge in [-0.2, -0.15) is 0 Å². The zero-order valence-electron chi connectivity index (χ0n) is 8.85. The van der Waals surface area contributed by atoms with Crippen LogP contribution in [-0.2, 0) is 4.79 Å². The van der Waals surface area contributed by atoms with E-state index in [2.05, 4.69) is 0 Å². The van der Waals surface area contributed by atoms with Crippen LogP contribution < -0.4 is 0 Å². The predicted octanol–water partition coefficient (Wildman–Crippen LogP) is 2.27. The number of carboxylic acid groups (broad SMARTS) is 1. The number of alkyl halides is 1. The molecular formula is C11H10Cl2O4. The van der Waals surface area contributed by atoms with Crippen molar-refractivity contribution in [1.82, 2.24) is 0 Å². The molecule has 0 radical (unpaired) electrons. The SMILES string of the molecule is CC(Cl)C(=O)c1cc(C(O)C(=O)O)ccc1Cl. The third-order valence-electron chi connectivity index (χ3n) is 2.17. The summed E-state index contributed by atoms with van der Waals surface area (Å²) >= 11 is 11.5. The van der Waals surface area contributed by atoms with Gasteiger partial charge in [-0.15, -0.1) is 11.6 Å². The number of carboxylic acids is 1. The van der Waals surface area contributed by atoms with Crippen LogP contribution in [0.3, 0.4) is 0 Å². The Labute approximate surface area is 108 Å². The molecule has 1 rings (SSSR count). The second kappa shape index (κ2) is 5.49. The summed E-state index contributed by atoms with van der Waals surface area (Å²) in [4.78, 5) is 22.3. The number of aliphatic hydroxyl groups is 1. The number of hydrogen-bond acceptors (Lipinski definition) is 3. The van der Waals surface area contributed by atoms with E-state index in [9.17, 15) is 14.7 Å². The first-order valence-electron chi connectivity index (χ1n) is 4.73. The Bertz CT molecular complexity index is 457. The topological polar surface area (TPSA) is 74.6 Å². The summed E-state index contributed by atoms with van der Waals surface area (Å²) in [5.74, 6) is -1.82. The van der Waals surface area contributed by atoms with E-state index < -0.39 is 23.2 Å². The van der Waals surface area contributed by atoms with Gasteiger partial charge in [0.25, 0.3) is 0 Å². The largest absolute Gasteiger partial charge is 0.479 e. The first-order chi connectivity index (χ1) is 7.84. The van der Waals surface area contributed by atoms with Crippen molar-refractivity contribution in [3.8, 4) is 0 Å². The van der Waals surface area contributed by atoms with E-state index in [1.165, 1.54) is 25.1 Å². The van der Waals surface area contributed by atoms with Crippen LogP contribution in [0.5, 0.6) is 0 Å². The summed E-state index contributed by atoms with van der Waals surface area (Å²) in [6.07, 6.45) is -1.69. The fourth-order valence-corrected chi connectivity index (χ4v) is 1.59. The zero-order chi connectivity index (χ0) is 13.2. The highest BCUT2D eigenvalue weighted by molar-refractivity contribution is 6.38. The number of aliphatic carboxylic acids is 1. The van der Waals surface area contributed by atoms with E-state index in [1.54, 1.807) is 0 Å². The fraction of sp³-hybridized carbons (Fsp3) is 0.273. The molecule has 0 saturated heterocycles. The van der Waals surface area contributed by atoms with Crippen molar-refractivity contribution in [3.63, 3.8) is 0 Å². The van der Waals surface area contributed by atoms with Gasteiger partial charge in [-0.05, 0) is 24.6 Å². The number of Topliss-reactive ketones (excluding diaryl/α,β-unsaturated/α-hetero) is 1. The molecule has 92 valence electrons. The van der Waals surface area contributed by atoms with Crippen LogP contribution >= 0.6 is 23.2 Å². The summed E-state index contributed by atoms with van der Waals surface area (Å²) < 4.78 is 0. The molecule has 0 aliphatic heterocycles. The van der Waals surface area contributed by atoms with Crippen molar-refractivity contribution < 1.29 is 19.8 Å². The molecule has 0 bridgehead atoms. The van der Waals surface area contributed by atoms with Crippen molar-refractivity contribution in [1.29, 1.82) is 0 Å². The van der Waals surface area contributed by atoms with Gasteiger partial charge in [-0.25, -0.2) is 4.79 Å². The standard InChI is InChI=1S/C11H10Cl2O4/c1-5(12)9(14)7-4-6(2-3-8(7)13)10(15)11(16)17/h2-5,10,15H,1H3,(H,16,17). The molecule has 1 aromatic rings. The van der Waals surface area contributed by atoms with Crippen molar-refractivity contribution in [3.05, 3.63) is 34.3 Å². The van der Waals surface area contributed by atoms with Gasteiger partial charge < -0.3 is 10.2 Å². The maximum atomic E-state index is 11.7. The van der Waals surface area contributed by atoms with Gasteiger partial charge in [-0.3, -0.25) is 4.79 Å². The molecule has 6 heteroatoms. The van der Waals surface area contributed by atoms with Crippen molar-refractivity contribution in [2.45, 2.75) is 18.4 Å². The minimum atomic E-state index is -1.69. The number of carbonyl (C=O) groups is 2. The van der Waals surface area contributed by atoms with Crippen molar-refractivity contribution >= 4 is 35.0 Å². The Morgan fingerprint density at radius 1 is 1.35 bits per heavy atom. The zero-order valence-corrected chi connectivity index (χ0v) is 10.4. The van der Waals surface area contributed by atoms with Crippen LogP contribution in [0.1, 0.15) is 28.9 Å².